The van der Waals surface area contributed by atoms with Gasteiger partial charge < -0.3 is 74.4 Å². The number of phenolic OH excluding ortho intramolecular Hbond substituents is 4. The Morgan fingerprint density at radius 3 is 2.12 bits per heavy atom. The molecule has 2 saturated heterocycles. The van der Waals surface area contributed by atoms with Crippen molar-refractivity contribution in [3.05, 3.63) is 40.6 Å². The van der Waals surface area contributed by atoms with E-state index in [-0.39, 0.29) is 11.1 Å². The first-order valence-electron chi connectivity index (χ1n) is 13.0. The van der Waals surface area contributed by atoms with Gasteiger partial charge in [0.05, 0.1) is 12.7 Å². The van der Waals surface area contributed by atoms with Gasteiger partial charge in [-0.1, -0.05) is 0 Å². The Hall–Kier alpha value is -3.71. The van der Waals surface area contributed by atoms with Gasteiger partial charge in [-0.2, -0.15) is 0 Å². The molecule has 234 valence electrons. The zero-order valence-corrected chi connectivity index (χ0v) is 22.3. The molecule has 1 aromatic heterocycles. The third kappa shape index (κ3) is 5.67. The second kappa shape index (κ2) is 11.8. The van der Waals surface area contributed by atoms with Crippen molar-refractivity contribution in [2.45, 2.75) is 68.3 Å². The van der Waals surface area contributed by atoms with E-state index in [2.05, 4.69) is 0 Å². The van der Waals surface area contributed by atoms with Gasteiger partial charge in [0.2, 0.25) is 17.5 Å². The Balaban J connectivity index is 1.48. The minimum atomic E-state index is -1.97. The molecule has 3 heterocycles. The molecule has 16 heteroatoms. The molecule has 43 heavy (non-hydrogen) atoms. The van der Waals surface area contributed by atoms with Gasteiger partial charge in [-0.3, -0.25) is 4.79 Å². The summed E-state index contributed by atoms with van der Waals surface area (Å²) in [5, 5.41) is 101. The molecule has 0 amide bonds. The number of aliphatic hydroxyl groups excluding tert-OH is 6. The highest BCUT2D eigenvalue weighted by Gasteiger charge is 2.47. The van der Waals surface area contributed by atoms with Crippen molar-refractivity contribution in [2.24, 2.45) is 0 Å². The number of hydrogen-bond acceptors (Lipinski definition) is 16. The van der Waals surface area contributed by atoms with Crippen LogP contribution in [0.15, 0.2) is 39.5 Å². The Labute approximate surface area is 241 Å². The third-order valence-electron chi connectivity index (χ3n) is 7.29. The van der Waals surface area contributed by atoms with Gasteiger partial charge >= 0.3 is 0 Å². The Kier molecular flexibility index (Phi) is 8.41. The summed E-state index contributed by atoms with van der Waals surface area (Å²) < 4.78 is 27.8. The van der Waals surface area contributed by atoms with Gasteiger partial charge in [0.15, 0.2) is 23.5 Å². The van der Waals surface area contributed by atoms with Crippen molar-refractivity contribution in [3.63, 3.8) is 0 Å². The van der Waals surface area contributed by atoms with Crippen LogP contribution in [0.25, 0.3) is 22.3 Å². The van der Waals surface area contributed by atoms with Crippen molar-refractivity contribution >= 4 is 11.0 Å². The molecular weight excluding hydrogens is 580 g/mol. The van der Waals surface area contributed by atoms with Gasteiger partial charge in [0.1, 0.15) is 65.2 Å². The first kappa shape index (κ1) is 30.7. The summed E-state index contributed by atoms with van der Waals surface area (Å²) in [6, 6.07) is 5.24. The van der Waals surface area contributed by atoms with Gasteiger partial charge in [-0.15, -0.1) is 0 Å². The van der Waals surface area contributed by atoms with E-state index in [0.29, 0.717) is 0 Å². The van der Waals surface area contributed by atoms with Crippen molar-refractivity contribution in [1.29, 1.82) is 0 Å². The fourth-order valence-corrected chi connectivity index (χ4v) is 4.84. The molecule has 3 aromatic rings. The lowest BCUT2D eigenvalue weighted by Crippen LogP contribution is -2.61. The lowest BCUT2D eigenvalue weighted by atomic mass is 9.98. The van der Waals surface area contributed by atoms with Crippen LogP contribution in [-0.2, 0) is 14.2 Å². The van der Waals surface area contributed by atoms with Crippen LogP contribution in [0.1, 0.15) is 6.92 Å². The van der Waals surface area contributed by atoms with Crippen LogP contribution in [0.2, 0.25) is 0 Å². The number of benzene rings is 2. The van der Waals surface area contributed by atoms with E-state index < -0.39 is 113 Å². The lowest BCUT2D eigenvalue weighted by molar-refractivity contribution is -0.318. The minimum Gasteiger partial charge on any atom is -0.508 e. The van der Waals surface area contributed by atoms with Crippen LogP contribution >= 0.6 is 0 Å². The Morgan fingerprint density at radius 1 is 0.744 bits per heavy atom. The zero-order chi connectivity index (χ0) is 31.3. The molecular formula is C27H30O16. The Morgan fingerprint density at radius 2 is 1.42 bits per heavy atom. The van der Waals surface area contributed by atoms with Crippen LogP contribution in [0.3, 0.4) is 0 Å². The maximum absolute atomic E-state index is 13.6. The smallest absolute Gasteiger partial charge is 0.239 e. The number of rotatable bonds is 6. The van der Waals surface area contributed by atoms with Gasteiger partial charge in [-0.25, -0.2) is 0 Å². The summed E-state index contributed by atoms with van der Waals surface area (Å²) in [4.78, 5) is 13.6. The molecule has 0 spiro atoms. The number of aliphatic hydroxyl groups is 6. The Bertz CT molecular complexity index is 1540. The highest BCUT2D eigenvalue weighted by molar-refractivity contribution is 5.88. The average Bonchev–Trinajstić information content (AvgIpc) is 2.96. The SMILES string of the molecule is C[C@H]1O[C@@H](OC[C@H]2O[C@@H](Oc3c(-c4ccc(O)c(O)c4)oc4cc(O)cc(O)c4c3=O)[C@@H](O)[C@H](O)[C@H]2O)[C@H](O)[C@H](O)[C@H]1O. The molecule has 5 rings (SSSR count). The molecule has 0 radical (unpaired) electrons. The highest BCUT2D eigenvalue weighted by atomic mass is 16.7. The summed E-state index contributed by atoms with van der Waals surface area (Å²) >= 11 is 0. The van der Waals surface area contributed by atoms with Crippen molar-refractivity contribution < 1.29 is 74.4 Å². The molecule has 2 fully saturated rings. The topological polar surface area (TPSA) is 269 Å². The molecule has 2 aromatic carbocycles. The first-order valence-corrected chi connectivity index (χ1v) is 13.0. The normalized spacial score (nSPS) is 33.0. The quantitative estimate of drug-likeness (QED) is 0.140. The van der Waals surface area contributed by atoms with Crippen LogP contribution in [-0.4, -0.2) is 119 Å². The predicted octanol–water partition coefficient (Wildman–Crippen LogP) is -1.69. The molecule has 2 aliphatic rings. The first-order chi connectivity index (χ1) is 20.3. The predicted molar refractivity (Wildman–Crippen MR) is 140 cm³/mol. The molecule has 0 aliphatic carbocycles. The van der Waals surface area contributed by atoms with Crippen LogP contribution in [0, 0.1) is 0 Å². The van der Waals surface area contributed by atoms with Crippen LogP contribution in [0.5, 0.6) is 28.7 Å². The van der Waals surface area contributed by atoms with Gasteiger partial charge in [-0.05, 0) is 25.1 Å². The van der Waals surface area contributed by atoms with E-state index in [1.807, 2.05) is 0 Å². The average molecular weight is 611 g/mol. The largest absolute Gasteiger partial charge is 0.508 e. The molecule has 16 nitrogen and oxygen atoms in total. The molecule has 0 unspecified atom stereocenters. The van der Waals surface area contributed by atoms with Gasteiger partial charge in [0, 0.05) is 17.7 Å². The fraction of sp³-hybridized carbons (Fsp3) is 0.444. The summed E-state index contributed by atoms with van der Waals surface area (Å²) in [7, 11) is 0. The van der Waals surface area contributed by atoms with E-state index in [4.69, 9.17) is 23.4 Å². The third-order valence-corrected chi connectivity index (χ3v) is 7.29. The minimum absolute atomic E-state index is 0.0313. The number of phenols is 4. The molecule has 2 aliphatic heterocycles. The monoisotopic (exact) mass is 610 g/mol. The summed E-state index contributed by atoms with van der Waals surface area (Å²) in [6.45, 7) is 0.818. The van der Waals surface area contributed by atoms with Crippen LogP contribution < -0.4 is 10.2 Å². The molecule has 10 N–H and O–H groups in total. The molecule has 10 atom stereocenters. The maximum atomic E-state index is 13.6. The lowest BCUT2D eigenvalue weighted by Gasteiger charge is -2.42. The van der Waals surface area contributed by atoms with E-state index >= 15 is 0 Å². The maximum Gasteiger partial charge on any atom is 0.239 e. The molecule has 0 saturated carbocycles. The fourth-order valence-electron chi connectivity index (χ4n) is 4.84. The highest BCUT2D eigenvalue weighted by Crippen LogP contribution is 2.39. The van der Waals surface area contributed by atoms with E-state index in [0.717, 1.165) is 24.3 Å². The standard InChI is InChI=1S/C27H30O16/c1-8-17(32)20(35)22(37)26(40-8)39-7-15-18(33)21(36)23(38)27(42-15)43-25-19(34)16-13(31)5-10(28)6-14(16)41-24(25)9-2-3-11(29)12(30)4-9/h2-6,8,15,17-18,20-23,26-33,35-38H,7H2,1H3/t8-,15-,17+,18+,20-,21-,22-,23+,26-,27+/m1/s1. The van der Waals surface area contributed by atoms with Gasteiger partial charge in [0.25, 0.3) is 0 Å². The number of fused-ring (bicyclic) bond motifs is 1. The number of aromatic hydroxyl groups is 4. The number of hydrogen-bond donors (Lipinski definition) is 10. The molecule has 0 bridgehead atoms. The summed E-state index contributed by atoms with van der Waals surface area (Å²) in [5.74, 6) is -3.33. The second-order valence-electron chi connectivity index (χ2n) is 10.3. The zero-order valence-electron chi connectivity index (χ0n) is 22.3. The van der Waals surface area contributed by atoms with E-state index in [1.165, 1.54) is 13.0 Å². The van der Waals surface area contributed by atoms with Crippen molar-refractivity contribution in [2.75, 3.05) is 6.61 Å². The van der Waals surface area contributed by atoms with Crippen molar-refractivity contribution in [1.82, 2.24) is 0 Å². The summed E-state index contributed by atoms with van der Waals surface area (Å²) in [5.41, 5.74) is -1.35. The van der Waals surface area contributed by atoms with E-state index in [1.54, 1.807) is 0 Å². The number of ether oxygens (including phenoxy) is 4. The second-order valence-corrected chi connectivity index (χ2v) is 10.3. The summed E-state index contributed by atoms with van der Waals surface area (Å²) in [6.07, 6.45) is -16.2. The van der Waals surface area contributed by atoms with E-state index in [9.17, 15) is 55.9 Å². The van der Waals surface area contributed by atoms with Crippen molar-refractivity contribution in [3.8, 4) is 40.1 Å². The van der Waals surface area contributed by atoms with Crippen LogP contribution in [0.4, 0.5) is 0 Å².